The van der Waals surface area contributed by atoms with E-state index in [1.54, 1.807) is 43.3 Å². The van der Waals surface area contributed by atoms with Crippen molar-refractivity contribution in [3.05, 3.63) is 51.7 Å². The highest BCUT2D eigenvalue weighted by Gasteiger charge is 2.26. The molecular weight excluding hydrogens is 324 g/mol. The average Bonchev–Trinajstić information content (AvgIpc) is 3.02. The smallest absolute Gasteiger partial charge is 0.313 e. The first-order valence-electron chi connectivity index (χ1n) is 6.50. The summed E-state index contributed by atoms with van der Waals surface area (Å²) < 4.78 is 0. The monoisotopic (exact) mass is 338 g/mol. The molecule has 0 bridgehead atoms. The Labute approximate surface area is 136 Å². The number of hydrogen-bond donors (Lipinski definition) is 3. The van der Waals surface area contributed by atoms with Gasteiger partial charge in [-0.3, -0.25) is 9.59 Å². The number of para-hydroxylation sites is 1. The third-order valence-corrected chi connectivity index (χ3v) is 4.43. The fourth-order valence-corrected chi connectivity index (χ4v) is 2.72. The number of hydrogen-bond acceptors (Lipinski definition) is 4. The molecule has 1 unspecified atom stereocenters. The molecule has 3 N–H and O–H groups in total. The van der Waals surface area contributed by atoms with Gasteiger partial charge in [0.25, 0.3) is 0 Å². The van der Waals surface area contributed by atoms with Gasteiger partial charge in [-0.25, -0.2) is 0 Å². The molecule has 0 aliphatic heterocycles. The fraction of sp³-hybridized carbons (Fsp3) is 0.200. The molecule has 7 heteroatoms. The van der Waals surface area contributed by atoms with E-state index >= 15 is 0 Å². The van der Waals surface area contributed by atoms with Crippen LogP contribution in [-0.4, -0.2) is 23.5 Å². The molecule has 0 spiro atoms. The second-order valence-electron chi connectivity index (χ2n) is 4.87. The van der Waals surface area contributed by atoms with Crippen molar-refractivity contribution in [2.75, 3.05) is 11.9 Å². The quantitative estimate of drug-likeness (QED) is 0.749. The summed E-state index contributed by atoms with van der Waals surface area (Å²) in [6.45, 7) is 1.51. The summed E-state index contributed by atoms with van der Waals surface area (Å²) in [5.41, 5.74) is -0.872. The number of carbonyl (C=O) groups is 2. The number of benzene rings is 1. The van der Waals surface area contributed by atoms with Crippen LogP contribution in [0.5, 0.6) is 0 Å². The van der Waals surface area contributed by atoms with Crippen LogP contribution in [0, 0.1) is 0 Å². The Morgan fingerprint density at radius 1 is 1.23 bits per heavy atom. The number of nitrogens with one attached hydrogen (secondary N) is 2. The molecule has 22 heavy (non-hydrogen) atoms. The van der Waals surface area contributed by atoms with Crippen LogP contribution in [0.1, 0.15) is 11.8 Å². The predicted octanol–water partition coefficient (Wildman–Crippen LogP) is 2.36. The van der Waals surface area contributed by atoms with E-state index < -0.39 is 17.4 Å². The third-order valence-electron chi connectivity index (χ3n) is 2.97. The first-order valence-corrected chi connectivity index (χ1v) is 7.76. The zero-order valence-corrected chi connectivity index (χ0v) is 13.4. The lowest BCUT2D eigenvalue weighted by Gasteiger charge is -2.22. The van der Waals surface area contributed by atoms with Gasteiger partial charge in [0.15, 0.2) is 0 Å². The van der Waals surface area contributed by atoms with E-state index in [0.29, 0.717) is 15.6 Å². The highest BCUT2D eigenvalue weighted by atomic mass is 35.5. The molecular formula is C15H15ClN2O3S. The van der Waals surface area contributed by atoms with Crippen LogP contribution >= 0.6 is 22.9 Å². The maximum absolute atomic E-state index is 11.8. The summed E-state index contributed by atoms with van der Waals surface area (Å²) in [5, 5.41) is 17.3. The molecule has 0 aliphatic rings. The average molecular weight is 339 g/mol. The molecule has 0 aliphatic carbocycles. The van der Waals surface area contributed by atoms with Crippen molar-refractivity contribution in [3.63, 3.8) is 0 Å². The summed E-state index contributed by atoms with van der Waals surface area (Å²) in [6, 6.07) is 10.2. The molecule has 0 saturated heterocycles. The molecule has 1 atom stereocenters. The minimum Gasteiger partial charge on any atom is -0.383 e. The van der Waals surface area contributed by atoms with E-state index in [0.717, 1.165) is 0 Å². The molecule has 0 fully saturated rings. The summed E-state index contributed by atoms with van der Waals surface area (Å²) >= 11 is 7.28. The van der Waals surface area contributed by atoms with Gasteiger partial charge in [-0.05, 0) is 30.5 Å². The highest BCUT2D eigenvalue weighted by molar-refractivity contribution is 7.10. The summed E-state index contributed by atoms with van der Waals surface area (Å²) in [5.74, 6) is -1.67. The summed E-state index contributed by atoms with van der Waals surface area (Å²) in [4.78, 5) is 24.3. The molecule has 2 aromatic rings. The topological polar surface area (TPSA) is 78.4 Å². The number of rotatable bonds is 4. The standard InChI is InChI=1S/C15H15ClN2O3S/c1-15(21,12-7-4-8-22-12)9-17-13(19)14(20)18-11-6-3-2-5-10(11)16/h2-8,21H,9H2,1H3,(H,17,19)(H,18,20). The van der Waals surface area contributed by atoms with Gasteiger partial charge < -0.3 is 15.7 Å². The molecule has 5 nitrogen and oxygen atoms in total. The van der Waals surface area contributed by atoms with Gasteiger partial charge in [0.1, 0.15) is 5.60 Å². The molecule has 1 aromatic carbocycles. The van der Waals surface area contributed by atoms with Crippen molar-refractivity contribution < 1.29 is 14.7 Å². The van der Waals surface area contributed by atoms with Gasteiger partial charge >= 0.3 is 11.8 Å². The number of aliphatic hydroxyl groups is 1. The van der Waals surface area contributed by atoms with Crippen molar-refractivity contribution in [3.8, 4) is 0 Å². The Morgan fingerprint density at radius 2 is 1.95 bits per heavy atom. The van der Waals surface area contributed by atoms with Gasteiger partial charge in [0.2, 0.25) is 0 Å². The van der Waals surface area contributed by atoms with E-state index in [2.05, 4.69) is 10.6 Å². The lowest BCUT2D eigenvalue weighted by atomic mass is 10.1. The summed E-state index contributed by atoms with van der Waals surface area (Å²) in [6.07, 6.45) is 0. The molecule has 1 aromatic heterocycles. The number of carbonyl (C=O) groups excluding carboxylic acids is 2. The predicted molar refractivity (Wildman–Crippen MR) is 87.0 cm³/mol. The molecule has 0 saturated carbocycles. The van der Waals surface area contributed by atoms with E-state index in [4.69, 9.17) is 11.6 Å². The van der Waals surface area contributed by atoms with E-state index in [1.165, 1.54) is 11.3 Å². The maximum atomic E-state index is 11.8. The van der Waals surface area contributed by atoms with Gasteiger partial charge in [0, 0.05) is 4.88 Å². The van der Waals surface area contributed by atoms with E-state index in [1.807, 2.05) is 5.38 Å². The van der Waals surface area contributed by atoms with Crippen LogP contribution in [0.4, 0.5) is 5.69 Å². The van der Waals surface area contributed by atoms with Crippen LogP contribution < -0.4 is 10.6 Å². The Morgan fingerprint density at radius 3 is 2.59 bits per heavy atom. The van der Waals surface area contributed by atoms with Crippen molar-refractivity contribution in [2.24, 2.45) is 0 Å². The van der Waals surface area contributed by atoms with Gasteiger partial charge in [-0.15, -0.1) is 11.3 Å². The first-order chi connectivity index (χ1) is 10.4. The minimum absolute atomic E-state index is 0.0672. The van der Waals surface area contributed by atoms with Crippen LogP contribution in [0.2, 0.25) is 5.02 Å². The molecule has 1 heterocycles. The number of thiophene rings is 1. The third kappa shape index (κ3) is 4.07. The normalized spacial score (nSPS) is 13.2. The van der Waals surface area contributed by atoms with Crippen LogP contribution in [0.3, 0.4) is 0 Å². The van der Waals surface area contributed by atoms with Crippen molar-refractivity contribution in [1.82, 2.24) is 5.32 Å². The number of amides is 2. The largest absolute Gasteiger partial charge is 0.383 e. The van der Waals surface area contributed by atoms with E-state index in [-0.39, 0.29) is 6.54 Å². The van der Waals surface area contributed by atoms with Gasteiger partial charge in [-0.1, -0.05) is 29.8 Å². The van der Waals surface area contributed by atoms with Gasteiger partial charge in [0.05, 0.1) is 17.3 Å². The summed E-state index contributed by atoms with van der Waals surface area (Å²) in [7, 11) is 0. The molecule has 0 radical (unpaired) electrons. The molecule has 116 valence electrons. The second-order valence-corrected chi connectivity index (χ2v) is 6.22. The SMILES string of the molecule is CC(O)(CNC(=O)C(=O)Nc1ccccc1Cl)c1cccs1. The Bertz CT molecular complexity index is 671. The Balaban J connectivity index is 1.92. The molecule has 2 rings (SSSR count). The van der Waals surface area contributed by atoms with Crippen LogP contribution in [0.15, 0.2) is 41.8 Å². The second kappa shape index (κ2) is 6.91. The Hall–Kier alpha value is -1.89. The van der Waals surface area contributed by atoms with Crippen molar-refractivity contribution >= 4 is 40.4 Å². The number of anilines is 1. The molecule has 2 amide bonds. The van der Waals surface area contributed by atoms with Gasteiger partial charge in [-0.2, -0.15) is 0 Å². The van der Waals surface area contributed by atoms with E-state index in [9.17, 15) is 14.7 Å². The minimum atomic E-state index is -1.23. The zero-order chi connectivity index (χ0) is 16.2. The van der Waals surface area contributed by atoms with Crippen LogP contribution in [0.25, 0.3) is 0 Å². The highest BCUT2D eigenvalue weighted by Crippen LogP contribution is 2.24. The van der Waals surface area contributed by atoms with Crippen LogP contribution in [-0.2, 0) is 15.2 Å². The zero-order valence-electron chi connectivity index (χ0n) is 11.8. The maximum Gasteiger partial charge on any atom is 0.313 e. The number of halogens is 1. The Kier molecular flexibility index (Phi) is 5.18. The van der Waals surface area contributed by atoms with Crippen molar-refractivity contribution in [2.45, 2.75) is 12.5 Å². The fourth-order valence-electron chi connectivity index (χ4n) is 1.75. The lowest BCUT2D eigenvalue weighted by molar-refractivity contribution is -0.136. The first kappa shape index (κ1) is 16.5. The lowest BCUT2D eigenvalue weighted by Crippen LogP contribution is -2.43. The van der Waals surface area contributed by atoms with Crippen molar-refractivity contribution in [1.29, 1.82) is 0 Å².